The maximum absolute atomic E-state index is 9.07. The third-order valence-electron chi connectivity index (χ3n) is 3.39. The van der Waals surface area contributed by atoms with Gasteiger partial charge in [-0.2, -0.15) is 5.26 Å². The van der Waals surface area contributed by atoms with Gasteiger partial charge >= 0.3 is 0 Å². The summed E-state index contributed by atoms with van der Waals surface area (Å²) in [6.45, 7) is 7.27. The summed E-state index contributed by atoms with van der Waals surface area (Å²) in [7, 11) is 0. The molecule has 0 bridgehead atoms. The Morgan fingerprint density at radius 1 is 1.39 bits per heavy atom. The zero-order chi connectivity index (χ0) is 13.0. The van der Waals surface area contributed by atoms with E-state index in [0.717, 1.165) is 39.1 Å². The molecule has 1 saturated heterocycles. The molecular weight excluding hydrogens is 310 g/mol. The average molecular weight is 328 g/mol. The molecule has 0 aromatic carbocycles. The lowest BCUT2D eigenvalue weighted by Gasteiger charge is -2.36. The Labute approximate surface area is 121 Å². The van der Waals surface area contributed by atoms with E-state index in [0.29, 0.717) is 0 Å². The number of piperazine rings is 1. The predicted octanol–water partition coefficient (Wildman–Crippen LogP) is 2.93. The second kappa shape index (κ2) is 6.67. The van der Waals surface area contributed by atoms with Gasteiger partial charge in [-0.25, -0.2) is 0 Å². The summed E-state index contributed by atoms with van der Waals surface area (Å²) in [6, 6.07) is 6.79. The molecule has 0 amide bonds. The van der Waals surface area contributed by atoms with Gasteiger partial charge in [0.1, 0.15) is 0 Å². The van der Waals surface area contributed by atoms with E-state index in [1.54, 1.807) is 11.3 Å². The maximum Gasteiger partial charge on any atom is 0.0976 e. The summed E-state index contributed by atoms with van der Waals surface area (Å²) < 4.78 is 1.20. The molecule has 1 unspecified atom stereocenters. The number of thiophene rings is 1. The number of rotatable bonds is 4. The van der Waals surface area contributed by atoms with Crippen molar-refractivity contribution in [3.63, 3.8) is 0 Å². The molecule has 1 aromatic rings. The van der Waals surface area contributed by atoms with Crippen LogP contribution < -0.4 is 0 Å². The molecule has 0 N–H and O–H groups in total. The molecule has 0 aliphatic carbocycles. The van der Waals surface area contributed by atoms with E-state index in [2.05, 4.69) is 50.9 Å². The van der Waals surface area contributed by atoms with Crippen molar-refractivity contribution in [2.45, 2.75) is 25.9 Å². The summed E-state index contributed by atoms with van der Waals surface area (Å²) >= 11 is 5.31. The fourth-order valence-electron chi connectivity index (χ4n) is 2.32. The van der Waals surface area contributed by atoms with E-state index < -0.39 is 0 Å². The summed E-state index contributed by atoms with van der Waals surface area (Å²) in [5.74, 6) is 0. The molecule has 1 aliphatic heterocycles. The van der Waals surface area contributed by atoms with Crippen LogP contribution in [0.5, 0.6) is 0 Å². The zero-order valence-corrected chi connectivity index (χ0v) is 13.0. The molecule has 1 aromatic heterocycles. The highest BCUT2D eigenvalue weighted by Crippen LogP contribution is 2.23. The van der Waals surface area contributed by atoms with Crippen LogP contribution in [0, 0.1) is 11.3 Å². The van der Waals surface area contributed by atoms with Crippen LogP contribution in [0.3, 0.4) is 0 Å². The number of hydrogen-bond donors (Lipinski definition) is 0. The van der Waals surface area contributed by atoms with Crippen molar-refractivity contribution in [3.05, 3.63) is 20.8 Å². The summed E-state index contributed by atoms with van der Waals surface area (Å²) in [6.07, 6.45) is 0.925. The largest absolute Gasteiger partial charge is 0.296 e. The molecule has 2 rings (SSSR count). The van der Waals surface area contributed by atoms with Gasteiger partial charge in [-0.15, -0.1) is 11.3 Å². The van der Waals surface area contributed by atoms with Gasteiger partial charge in [0.15, 0.2) is 0 Å². The van der Waals surface area contributed by atoms with E-state index >= 15 is 0 Å². The number of hydrogen-bond acceptors (Lipinski definition) is 4. The highest BCUT2D eigenvalue weighted by atomic mass is 79.9. The van der Waals surface area contributed by atoms with Crippen molar-refractivity contribution in [1.29, 1.82) is 5.26 Å². The minimum Gasteiger partial charge on any atom is -0.296 e. The van der Waals surface area contributed by atoms with Gasteiger partial charge in [0.2, 0.25) is 0 Å². The molecule has 1 atom stereocenters. The Kier molecular flexibility index (Phi) is 5.19. The minimum atomic E-state index is 0.100. The fraction of sp³-hybridized carbons (Fsp3) is 0.615. The Hall–Kier alpha value is -0.410. The standard InChI is InChI=1S/C13H18BrN3S/c1-2-11(9-15)17-7-5-16(6-8-17)10-12-3-4-13(14)18-12/h3-4,11H,2,5-8,10H2,1H3. The zero-order valence-electron chi connectivity index (χ0n) is 10.6. The lowest BCUT2D eigenvalue weighted by atomic mass is 10.2. The second-order valence-electron chi connectivity index (χ2n) is 4.57. The first-order chi connectivity index (χ1) is 8.72. The Morgan fingerprint density at radius 2 is 2.11 bits per heavy atom. The maximum atomic E-state index is 9.07. The van der Waals surface area contributed by atoms with Crippen LogP contribution in [0.25, 0.3) is 0 Å². The van der Waals surface area contributed by atoms with Crippen molar-refractivity contribution in [2.75, 3.05) is 26.2 Å². The molecule has 98 valence electrons. The first kappa shape index (κ1) is 14.0. The molecule has 0 saturated carbocycles. The fourth-order valence-corrected chi connectivity index (χ4v) is 3.85. The van der Waals surface area contributed by atoms with Gasteiger partial charge in [-0.05, 0) is 34.5 Å². The summed E-state index contributed by atoms with van der Waals surface area (Å²) in [5, 5.41) is 9.07. The van der Waals surface area contributed by atoms with Crippen LogP contribution >= 0.6 is 27.3 Å². The number of halogens is 1. The van der Waals surface area contributed by atoms with Crippen molar-refractivity contribution in [2.24, 2.45) is 0 Å². The van der Waals surface area contributed by atoms with E-state index in [1.807, 2.05) is 0 Å². The van der Waals surface area contributed by atoms with Gasteiger partial charge in [0, 0.05) is 37.6 Å². The third kappa shape index (κ3) is 3.55. The van der Waals surface area contributed by atoms with Crippen molar-refractivity contribution in [1.82, 2.24) is 9.80 Å². The molecule has 2 heterocycles. The highest BCUT2D eigenvalue weighted by molar-refractivity contribution is 9.11. The topological polar surface area (TPSA) is 30.3 Å². The first-order valence-corrected chi connectivity index (χ1v) is 7.94. The molecule has 5 heteroatoms. The average Bonchev–Trinajstić information content (AvgIpc) is 2.78. The smallest absolute Gasteiger partial charge is 0.0976 e. The van der Waals surface area contributed by atoms with Crippen LogP contribution in [0.4, 0.5) is 0 Å². The summed E-state index contributed by atoms with van der Waals surface area (Å²) in [5.41, 5.74) is 0. The van der Waals surface area contributed by atoms with Crippen molar-refractivity contribution in [3.8, 4) is 6.07 Å². The Balaban J connectivity index is 1.82. The molecule has 18 heavy (non-hydrogen) atoms. The quantitative estimate of drug-likeness (QED) is 0.851. The molecule has 0 radical (unpaired) electrons. The first-order valence-electron chi connectivity index (χ1n) is 6.33. The molecule has 0 spiro atoms. The van der Waals surface area contributed by atoms with Gasteiger partial charge in [-0.3, -0.25) is 9.80 Å². The molecule has 1 aliphatic rings. The molecular formula is C13H18BrN3S. The SMILES string of the molecule is CCC(C#N)N1CCN(Cc2ccc(Br)s2)CC1. The lowest BCUT2D eigenvalue weighted by Crippen LogP contribution is -2.49. The number of nitrogens with zero attached hydrogens (tertiary/aromatic N) is 3. The highest BCUT2D eigenvalue weighted by Gasteiger charge is 2.22. The molecule has 1 fully saturated rings. The van der Waals surface area contributed by atoms with E-state index in [1.165, 1.54) is 8.66 Å². The van der Waals surface area contributed by atoms with Crippen LogP contribution in [0.15, 0.2) is 15.9 Å². The van der Waals surface area contributed by atoms with Crippen LogP contribution in [-0.4, -0.2) is 42.0 Å². The second-order valence-corrected chi connectivity index (χ2v) is 7.12. The van der Waals surface area contributed by atoms with Crippen molar-refractivity contribution >= 4 is 27.3 Å². The van der Waals surface area contributed by atoms with Crippen LogP contribution in [0.1, 0.15) is 18.2 Å². The van der Waals surface area contributed by atoms with E-state index in [-0.39, 0.29) is 6.04 Å². The normalized spacial score (nSPS) is 19.6. The number of nitriles is 1. The van der Waals surface area contributed by atoms with E-state index in [9.17, 15) is 0 Å². The lowest BCUT2D eigenvalue weighted by molar-refractivity contribution is 0.109. The van der Waals surface area contributed by atoms with Gasteiger partial charge in [0.25, 0.3) is 0 Å². The molecule has 3 nitrogen and oxygen atoms in total. The predicted molar refractivity (Wildman–Crippen MR) is 78.6 cm³/mol. The Morgan fingerprint density at radius 3 is 2.61 bits per heavy atom. The third-order valence-corrected chi connectivity index (χ3v) is 5.00. The Bertz CT molecular complexity index is 418. The van der Waals surface area contributed by atoms with E-state index in [4.69, 9.17) is 5.26 Å². The van der Waals surface area contributed by atoms with Crippen molar-refractivity contribution < 1.29 is 0 Å². The summed E-state index contributed by atoms with van der Waals surface area (Å²) in [4.78, 5) is 6.18. The van der Waals surface area contributed by atoms with Crippen LogP contribution in [0.2, 0.25) is 0 Å². The van der Waals surface area contributed by atoms with Gasteiger partial charge < -0.3 is 0 Å². The minimum absolute atomic E-state index is 0.100. The van der Waals surface area contributed by atoms with Gasteiger partial charge in [-0.1, -0.05) is 6.92 Å². The van der Waals surface area contributed by atoms with Gasteiger partial charge in [0.05, 0.1) is 15.9 Å². The monoisotopic (exact) mass is 327 g/mol. The van der Waals surface area contributed by atoms with Crippen LogP contribution in [-0.2, 0) is 6.54 Å².